The van der Waals surface area contributed by atoms with E-state index in [1.54, 1.807) is 14.0 Å². The maximum atomic E-state index is 13.1. The molecule has 0 unspecified atom stereocenters. The Bertz CT molecular complexity index is 1240. The number of carbonyl (C=O) groups is 2. The van der Waals surface area contributed by atoms with Gasteiger partial charge in [-0.1, -0.05) is 17.7 Å². The van der Waals surface area contributed by atoms with Gasteiger partial charge in [-0.3, -0.25) is 9.59 Å². The minimum Gasteiger partial charge on any atom is -0.495 e. The molecule has 1 amide bonds. The number of benzene rings is 1. The highest BCUT2D eigenvalue weighted by Gasteiger charge is 2.31. The van der Waals surface area contributed by atoms with E-state index in [9.17, 15) is 9.59 Å². The van der Waals surface area contributed by atoms with Gasteiger partial charge in [0, 0.05) is 19.1 Å². The number of fused-ring (bicyclic) bond motifs is 3. The van der Waals surface area contributed by atoms with Crippen LogP contribution in [0.1, 0.15) is 47.4 Å². The summed E-state index contributed by atoms with van der Waals surface area (Å²) in [6, 6.07) is 5.68. The summed E-state index contributed by atoms with van der Waals surface area (Å²) in [5, 5.41) is 4.73. The van der Waals surface area contributed by atoms with E-state index in [-0.39, 0.29) is 25.0 Å². The van der Waals surface area contributed by atoms with Gasteiger partial charge < -0.3 is 19.7 Å². The van der Waals surface area contributed by atoms with Crippen LogP contribution in [0.3, 0.4) is 0 Å². The lowest BCUT2D eigenvalue weighted by molar-refractivity contribution is -0.142. The van der Waals surface area contributed by atoms with Crippen LogP contribution in [-0.2, 0) is 28.9 Å². The second kappa shape index (κ2) is 10.1. The molecule has 0 atom stereocenters. The highest BCUT2D eigenvalue weighted by atomic mass is 35.5. The molecule has 1 N–H and O–H groups in total. The van der Waals surface area contributed by atoms with Gasteiger partial charge in [0.15, 0.2) is 0 Å². The van der Waals surface area contributed by atoms with Crippen LogP contribution in [0.5, 0.6) is 5.75 Å². The first-order valence-electron chi connectivity index (χ1n) is 11.2. The quantitative estimate of drug-likeness (QED) is 0.454. The largest absolute Gasteiger partial charge is 0.495 e. The zero-order chi connectivity index (χ0) is 24.4. The molecule has 0 aliphatic carbocycles. The van der Waals surface area contributed by atoms with Crippen LogP contribution in [0.25, 0.3) is 10.2 Å². The molecule has 1 aliphatic heterocycles. The van der Waals surface area contributed by atoms with Crippen LogP contribution in [-0.4, -0.2) is 53.0 Å². The lowest BCUT2D eigenvalue weighted by Crippen LogP contribution is -2.41. The summed E-state index contributed by atoms with van der Waals surface area (Å²) in [5.41, 5.74) is 1.90. The number of carbonyl (C=O) groups excluding carboxylic acids is 2. The Labute approximate surface area is 207 Å². The summed E-state index contributed by atoms with van der Waals surface area (Å²) in [6.07, 6.45) is 0.685. The van der Waals surface area contributed by atoms with Crippen molar-refractivity contribution in [2.24, 2.45) is 0 Å². The molecule has 10 heteroatoms. The Morgan fingerprint density at radius 3 is 2.79 bits per heavy atom. The second-order valence-electron chi connectivity index (χ2n) is 8.22. The zero-order valence-electron chi connectivity index (χ0n) is 19.6. The summed E-state index contributed by atoms with van der Waals surface area (Å²) in [6.45, 7) is 7.17. The number of rotatable bonds is 8. The number of nitrogens with zero attached hydrogens (tertiary/aromatic N) is 3. The summed E-state index contributed by atoms with van der Waals surface area (Å²) in [7, 11) is 1.57. The number of hydrogen-bond donors (Lipinski definition) is 1. The number of nitrogens with one attached hydrogen (secondary N) is 1. The lowest BCUT2D eigenvalue weighted by atomic mass is 10.0. The minimum atomic E-state index is -0.391. The molecule has 2 aromatic heterocycles. The van der Waals surface area contributed by atoms with Gasteiger partial charge in [-0.05, 0) is 50.5 Å². The molecule has 0 bridgehead atoms. The van der Waals surface area contributed by atoms with Gasteiger partial charge in [-0.2, -0.15) is 0 Å². The highest BCUT2D eigenvalue weighted by molar-refractivity contribution is 7.20. The van der Waals surface area contributed by atoms with Crippen LogP contribution in [0.2, 0.25) is 5.02 Å². The fraction of sp³-hybridized carbons (Fsp3) is 0.417. The number of halogens is 1. The smallest absolute Gasteiger partial charge is 0.313 e. The number of thiophene rings is 1. The average Bonchev–Trinajstić information content (AvgIpc) is 3.17. The zero-order valence-corrected chi connectivity index (χ0v) is 21.2. The minimum absolute atomic E-state index is 0.0130. The first-order chi connectivity index (χ1) is 16.3. The summed E-state index contributed by atoms with van der Waals surface area (Å²) >= 11 is 7.64. The number of hydrogen-bond acceptors (Lipinski definition) is 8. The monoisotopic (exact) mass is 502 g/mol. The number of aromatic nitrogens is 2. The maximum absolute atomic E-state index is 13.1. The summed E-state index contributed by atoms with van der Waals surface area (Å²) < 4.78 is 10.3. The first-order valence-corrected chi connectivity index (χ1v) is 12.4. The van der Waals surface area contributed by atoms with Crippen molar-refractivity contribution >= 4 is 50.8 Å². The van der Waals surface area contributed by atoms with Crippen LogP contribution in [0.15, 0.2) is 18.2 Å². The van der Waals surface area contributed by atoms with Crippen molar-refractivity contribution in [3.8, 4) is 5.75 Å². The average molecular weight is 503 g/mol. The number of methoxy groups -OCH3 is 1. The molecule has 1 aromatic carbocycles. The molecule has 0 radical (unpaired) electrons. The van der Waals surface area contributed by atoms with Gasteiger partial charge in [0.05, 0.1) is 29.0 Å². The third-order valence-electron chi connectivity index (χ3n) is 5.66. The molecule has 3 aromatic rings. The van der Waals surface area contributed by atoms with Crippen molar-refractivity contribution in [1.82, 2.24) is 14.9 Å². The third-order valence-corrected chi connectivity index (χ3v) is 7.07. The third kappa shape index (κ3) is 4.81. The Hall–Kier alpha value is -2.91. The second-order valence-corrected chi connectivity index (χ2v) is 9.63. The number of esters is 1. The van der Waals surface area contributed by atoms with E-state index in [2.05, 4.69) is 15.3 Å². The molecule has 34 heavy (non-hydrogen) atoms. The molecule has 1 aliphatic rings. The van der Waals surface area contributed by atoms with E-state index in [1.807, 2.05) is 36.9 Å². The predicted octanol–water partition coefficient (Wildman–Crippen LogP) is 4.48. The molecule has 8 nitrogen and oxygen atoms in total. The van der Waals surface area contributed by atoms with E-state index in [0.717, 1.165) is 22.9 Å². The van der Waals surface area contributed by atoms with Crippen LogP contribution >= 0.6 is 22.9 Å². The molecule has 0 fully saturated rings. The molecule has 0 saturated heterocycles. The SMILES string of the molecule is CCOC(=O)Cc1nc(NCc2ccc(OC)c(Cl)c2)c2c3c(sc2n1)C(=O)N(C(C)C)CC3. The predicted molar refractivity (Wildman–Crippen MR) is 133 cm³/mol. The van der Waals surface area contributed by atoms with E-state index >= 15 is 0 Å². The van der Waals surface area contributed by atoms with Crippen molar-refractivity contribution < 1.29 is 19.1 Å². The van der Waals surface area contributed by atoms with Crippen LogP contribution in [0, 0.1) is 0 Å². The topological polar surface area (TPSA) is 93.6 Å². The fourth-order valence-electron chi connectivity index (χ4n) is 4.02. The molecule has 3 heterocycles. The Morgan fingerprint density at radius 2 is 2.12 bits per heavy atom. The number of amides is 1. The fourth-order valence-corrected chi connectivity index (χ4v) is 5.50. The van der Waals surface area contributed by atoms with Crippen molar-refractivity contribution in [3.05, 3.63) is 45.1 Å². The standard InChI is InChI=1S/C24H27ClN4O4S/c1-5-33-19(30)11-18-27-22(26-12-14-6-7-17(32-4)16(25)10-14)20-15-8-9-29(13(2)3)24(31)21(15)34-23(20)28-18/h6-7,10,13H,5,8-9,11-12H2,1-4H3,(H,26,27,28). The van der Waals surface area contributed by atoms with E-state index in [1.165, 1.54) is 11.3 Å². The van der Waals surface area contributed by atoms with Crippen LogP contribution in [0.4, 0.5) is 5.82 Å². The highest BCUT2D eigenvalue weighted by Crippen LogP contribution is 2.38. The Balaban J connectivity index is 1.73. The van der Waals surface area contributed by atoms with Gasteiger partial charge in [-0.15, -0.1) is 11.3 Å². The number of ether oxygens (including phenoxy) is 2. The van der Waals surface area contributed by atoms with E-state index in [0.29, 0.717) is 45.2 Å². The lowest BCUT2D eigenvalue weighted by Gasteiger charge is -2.30. The maximum Gasteiger partial charge on any atom is 0.313 e. The first kappa shape index (κ1) is 24.2. The molecule has 0 saturated carbocycles. The van der Waals surface area contributed by atoms with Gasteiger partial charge in [0.25, 0.3) is 5.91 Å². The van der Waals surface area contributed by atoms with Crippen LogP contribution < -0.4 is 10.1 Å². The van der Waals surface area contributed by atoms with Gasteiger partial charge in [0.2, 0.25) is 0 Å². The molecular weight excluding hydrogens is 476 g/mol. The van der Waals surface area contributed by atoms with Crippen molar-refractivity contribution in [1.29, 1.82) is 0 Å². The van der Waals surface area contributed by atoms with Crippen molar-refractivity contribution in [2.75, 3.05) is 25.6 Å². The summed E-state index contributed by atoms with van der Waals surface area (Å²) in [4.78, 5) is 37.7. The van der Waals surface area contributed by atoms with Crippen molar-refractivity contribution in [2.45, 2.75) is 46.2 Å². The Kier molecular flexibility index (Phi) is 7.23. The molecule has 4 rings (SSSR count). The number of anilines is 1. The normalized spacial score (nSPS) is 13.4. The van der Waals surface area contributed by atoms with Gasteiger partial charge >= 0.3 is 5.97 Å². The van der Waals surface area contributed by atoms with Gasteiger partial charge in [-0.25, -0.2) is 9.97 Å². The molecule has 0 spiro atoms. The van der Waals surface area contributed by atoms with E-state index in [4.69, 9.17) is 21.1 Å². The molecular formula is C24H27ClN4O4S. The van der Waals surface area contributed by atoms with Gasteiger partial charge in [0.1, 0.15) is 28.6 Å². The van der Waals surface area contributed by atoms with E-state index < -0.39 is 5.97 Å². The van der Waals surface area contributed by atoms with Crippen molar-refractivity contribution in [3.63, 3.8) is 0 Å². The summed E-state index contributed by atoms with van der Waals surface area (Å²) in [5.74, 6) is 1.18. The Morgan fingerprint density at radius 1 is 1.32 bits per heavy atom. The molecule has 180 valence electrons.